The van der Waals surface area contributed by atoms with Crippen LogP contribution < -0.4 is 0 Å². The van der Waals surface area contributed by atoms with E-state index in [0.717, 1.165) is 50.0 Å². The summed E-state index contributed by atoms with van der Waals surface area (Å²) >= 11 is 1.57. The highest BCUT2D eigenvalue weighted by molar-refractivity contribution is 7.98. The van der Waals surface area contributed by atoms with Gasteiger partial charge in [0.05, 0.1) is 0 Å². The molecule has 0 radical (unpaired) electrons. The maximum atomic E-state index is 14.0. The summed E-state index contributed by atoms with van der Waals surface area (Å²) in [5, 5.41) is 0.827. The molecular formula is C21H27FN4S. The molecule has 2 saturated heterocycles. The molecule has 2 aliphatic rings. The lowest BCUT2D eigenvalue weighted by molar-refractivity contribution is 0.0858. The van der Waals surface area contributed by atoms with E-state index in [-0.39, 0.29) is 5.82 Å². The highest BCUT2D eigenvalue weighted by atomic mass is 32.2. The molecule has 0 aliphatic carbocycles. The third-order valence-corrected chi connectivity index (χ3v) is 6.46. The number of hydrogen-bond donors (Lipinski definition) is 0. The lowest BCUT2D eigenvalue weighted by Crippen LogP contribution is -2.44. The minimum Gasteiger partial charge on any atom is -0.298 e. The Hall–Kier alpha value is -1.50. The Labute approximate surface area is 165 Å². The van der Waals surface area contributed by atoms with Gasteiger partial charge in [-0.15, -0.1) is 0 Å². The third-order valence-electron chi connectivity index (χ3n) is 5.88. The number of aromatic nitrogens is 2. The van der Waals surface area contributed by atoms with Crippen molar-refractivity contribution in [2.24, 2.45) is 5.41 Å². The fraction of sp³-hybridized carbons (Fsp3) is 0.524. The first-order valence-electron chi connectivity index (χ1n) is 9.69. The molecule has 1 spiro atoms. The van der Waals surface area contributed by atoms with Gasteiger partial charge in [-0.2, -0.15) is 0 Å². The molecule has 1 atom stereocenters. The van der Waals surface area contributed by atoms with Crippen LogP contribution in [-0.4, -0.2) is 52.2 Å². The Morgan fingerprint density at radius 3 is 2.52 bits per heavy atom. The number of likely N-dealkylation sites (tertiary alicyclic amines) is 2. The number of rotatable bonds is 5. The Bertz CT molecular complexity index is 769. The molecule has 27 heavy (non-hydrogen) atoms. The standard InChI is InChI=1S/C21H27FN4S/c1-27-20-23-11-17(12-24-20)13-26-10-8-21(16-26)7-4-9-25(15-21)14-18-5-2-3-6-19(18)22/h2-3,5-6,11-12H,4,7-10,13-16H2,1H3. The van der Waals surface area contributed by atoms with Crippen LogP contribution in [-0.2, 0) is 13.1 Å². The Morgan fingerprint density at radius 1 is 1.04 bits per heavy atom. The van der Waals surface area contributed by atoms with Gasteiger partial charge in [-0.1, -0.05) is 30.0 Å². The van der Waals surface area contributed by atoms with Crippen molar-refractivity contribution in [3.63, 3.8) is 0 Å². The van der Waals surface area contributed by atoms with Crippen molar-refractivity contribution in [3.8, 4) is 0 Å². The SMILES string of the molecule is CSc1ncc(CN2CCC3(CCCN(Cc4ccccc4F)C3)C2)cn1. The predicted molar refractivity (Wildman–Crippen MR) is 107 cm³/mol. The third kappa shape index (κ3) is 4.50. The van der Waals surface area contributed by atoms with E-state index in [4.69, 9.17) is 0 Å². The van der Waals surface area contributed by atoms with E-state index in [0.29, 0.717) is 5.41 Å². The second-order valence-electron chi connectivity index (χ2n) is 7.94. The first-order chi connectivity index (χ1) is 13.2. The molecule has 0 amide bonds. The topological polar surface area (TPSA) is 32.3 Å². The molecule has 2 fully saturated rings. The highest BCUT2D eigenvalue weighted by Gasteiger charge is 2.41. The molecule has 4 rings (SSSR count). The van der Waals surface area contributed by atoms with Crippen molar-refractivity contribution in [1.29, 1.82) is 0 Å². The second-order valence-corrected chi connectivity index (χ2v) is 8.72. The zero-order valence-electron chi connectivity index (χ0n) is 15.9. The molecule has 4 nitrogen and oxygen atoms in total. The van der Waals surface area contributed by atoms with Gasteiger partial charge < -0.3 is 0 Å². The van der Waals surface area contributed by atoms with Crippen molar-refractivity contribution < 1.29 is 4.39 Å². The molecule has 0 saturated carbocycles. The van der Waals surface area contributed by atoms with Gasteiger partial charge in [0.2, 0.25) is 0 Å². The Morgan fingerprint density at radius 2 is 1.78 bits per heavy atom. The Kier molecular flexibility index (Phi) is 5.76. The number of benzene rings is 1. The number of hydrogen-bond acceptors (Lipinski definition) is 5. The van der Waals surface area contributed by atoms with Gasteiger partial charge in [0.1, 0.15) is 5.82 Å². The van der Waals surface area contributed by atoms with Crippen LogP contribution in [0.25, 0.3) is 0 Å². The van der Waals surface area contributed by atoms with Gasteiger partial charge in [-0.05, 0) is 50.1 Å². The summed E-state index contributed by atoms with van der Waals surface area (Å²) in [6.45, 7) is 6.02. The summed E-state index contributed by atoms with van der Waals surface area (Å²) in [5.41, 5.74) is 2.35. The molecule has 0 bridgehead atoms. The monoisotopic (exact) mass is 386 g/mol. The smallest absolute Gasteiger partial charge is 0.187 e. The molecule has 0 N–H and O–H groups in total. The summed E-state index contributed by atoms with van der Waals surface area (Å²) in [6, 6.07) is 7.17. The molecule has 2 aromatic rings. The number of piperidine rings is 1. The maximum Gasteiger partial charge on any atom is 0.187 e. The van der Waals surface area contributed by atoms with Gasteiger partial charge in [0.15, 0.2) is 5.16 Å². The van der Waals surface area contributed by atoms with Gasteiger partial charge in [-0.3, -0.25) is 9.80 Å². The molecule has 1 aromatic heterocycles. The molecule has 1 aromatic carbocycles. The minimum absolute atomic E-state index is 0.0844. The zero-order chi connectivity index (χ0) is 18.7. The van der Waals surface area contributed by atoms with Crippen LogP contribution in [0.5, 0.6) is 0 Å². The first-order valence-corrected chi connectivity index (χ1v) is 10.9. The van der Waals surface area contributed by atoms with E-state index in [2.05, 4.69) is 19.8 Å². The zero-order valence-corrected chi connectivity index (χ0v) is 16.7. The van der Waals surface area contributed by atoms with Crippen LogP contribution >= 0.6 is 11.8 Å². The lowest BCUT2D eigenvalue weighted by Gasteiger charge is -2.40. The largest absolute Gasteiger partial charge is 0.298 e. The summed E-state index contributed by atoms with van der Waals surface area (Å²) < 4.78 is 14.0. The predicted octanol–water partition coefficient (Wildman–Crippen LogP) is 3.83. The van der Waals surface area contributed by atoms with Crippen LogP contribution in [0.15, 0.2) is 41.8 Å². The average Bonchev–Trinajstić information content (AvgIpc) is 3.06. The maximum absolute atomic E-state index is 14.0. The van der Waals surface area contributed by atoms with Gasteiger partial charge in [-0.25, -0.2) is 14.4 Å². The van der Waals surface area contributed by atoms with Crippen LogP contribution in [0.3, 0.4) is 0 Å². The molecular weight excluding hydrogens is 359 g/mol. The van der Waals surface area contributed by atoms with E-state index in [1.165, 1.54) is 24.8 Å². The fourth-order valence-electron chi connectivity index (χ4n) is 4.60. The number of halogens is 1. The molecule has 3 heterocycles. The van der Waals surface area contributed by atoms with Crippen molar-refractivity contribution in [2.45, 2.75) is 37.5 Å². The summed E-state index contributed by atoms with van der Waals surface area (Å²) in [4.78, 5) is 13.8. The minimum atomic E-state index is -0.0844. The van der Waals surface area contributed by atoms with Gasteiger partial charge in [0.25, 0.3) is 0 Å². The summed E-state index contributed by atoms with van der Waals surface area (Å²) in [7, 11) is 0. The van der Waals surface area contributed by atoms with Crippen molar-refractivity contribution in [3.05, 3.63) is 53.6 Å². The van der Waals surface area contributed by atoms with Crippen molar-refractivity contribution in [1.82, 2.24) is 19.8 Å². The van der Waals surface area contributed by atoms with Gasteiger partial charge in [0, 0.05) is 49.7 Å². The van der Waals surface area contributed by atoms with Crippen LogP contribution in [0.1, 0.15) is 30.4 Å². The van der Waals surface area contributed by atoms with Crippen LogP contribution in [0.4, 0.5) is 4.39 Å². The summed E-state index contributed by atoms with van der Waals surface area (Å²) in [5.74, 6) is -0.0844. The fourth-order valence-corrected chi connectivity index (χ4v) is 4.91. The highest BCUT2D eigenvalue weighted by Crippen LogP contribution is 2.39. The molecule has 6 heteroatoms. The average molecular weight is 387 g/mol. The van der Waals surface area contributed by atoms with Crippen molar-refractivity contribution >= 4 is 11.8 Å². The quantitative estimate of drug-likeness (QED) is 0.576. The van der Waals surface area contributed by atoms with E-state index in [1.807, 2.05) is 30.8 Å². The molecule has 144 valence electrons. The van der Waals surface area contributed by atoms with E-state index in [9.17, 15) is 4.39 Å². The lowest BCUT2D eigenvalue weighted by atomic mass is 9.79. The van der Waals surface area contributed by atoms with E-state index < -0.39 is 0 Å². The van der Waals surface area contributed by atoms with E-state index >= 15 is 0 Å². The molecule has 1 unspecified atom stereocenters. The number of thioether (sulfide) groups is 1. The van der Waals surface area contributed by atoms with Crippen molar-refractivity contribution in [2.75, 3.05) is 32.4 Å². The van der Waals surface area contributed by atoms with E-state index in [1.54, 1.807) is 23.9 Å². The first kappa shape index (κ1) is 18.8. The Balaban J connectivity index is 1.36. The summed E-state index contributed by atoms with van der Waals surface area (Å²) in [6.07, 6.45) is 9.61. The molecule has 2 aliphatic heterocycles. The van der Waals surface area contributed by atoms with Gasteiger partial charge >= 0.3 is 0 Å². The second kappa shape index (κ2) is 8.25. The van der Waals surface area contributed by atoms with Crippen LogP contribution in [0.2, 0.25) is 0 Å². The number of nitrogens with zero attached hydrogens (tertiary/aromatic N) is 4. The normalized spacial score (nSPS) is 23.9. The van der Waals surface area contributed by atoms with Crippen LogP contribution in [0, 0.1) is 11.2 Å².